The molecule has 3 atom stereocenters. The van der Waals surface area contributed by atoms with E-state index in [2.05, 4.69) is 26.3 Å². The van der Waals surface area contributed by atoms with Gasteiger partial charge >= 0.3 is 17.9 Å². The number of halogens is 1. The van der Waals surface area contributed by atoms with Crippen molar-refractivity contribution in [2.24, 2.45) is 0 Å². The van der Waals surface area contributed by atoms with Gasteiger partial charge in [-0.3, -0.25) is 42.9 Å². The predicted octanol–water partition coefficient (Wildman–Crippen LogP) is 5.45. The van der Waals surface area contributed by atoms with Gasteiger partial charge in [0.2, 0.25) is 23.6 Å². The lowest BCUT2D eigenvalue weighted by atomic mass is 10.1. The van der Waals surface area contributed by atoms with Crippen LogP contribution in [0.5, 0.6) is 5.75 Å². The number of aliphatic carboxylic acids is 1. The molecule has 5 rings (SSSR count). The maximum absolute atomic E-state index is 15.4. The Labute approximate surface area is 428 Å². The zero-order chi connectivity index (χ0) is 54.2. The molecule has 19 nitrogen and oxygen atoms in total. The number of unbranched alkanes of at least 4 members (excludes halogenated alkanes) is 3. The zero-order valence-corrected chi connectivity index (χ0v) is 42.8. The highest BCUT2D eigenvalue weighted by Gasteiger charge is 2.34. The Bertz CT molecular complexity index is 2770. The number of esters is 2. The van der Waals surface area contributed by atoms with Gasteiger partial charge in [-0.1, -0.05) is 79.6 Å². The van der Waals surface area contributed by atoms with Gasteiger partial charge in [0.05, 0.1) is 37.3 Å². The van der Waals surface area contributed by atoms with Gasteiger partial charge in [-0.25, -0.2) is 9.37 Å². The lowest BCUT2D eigenvalue weighted by Gasteiger charge is -2.26. The van der Waals surface area contributed by atoms with Crippen LogP contribution in [-0.2, 0) is 55.9 Å². The van der Waals surface area contributed by atoms with Crippen molar-refractivity contribution < 1.29 is 57.3 Å². The van der Waals surface area contributed by atoms with Gasteiger partial charge in [0.25, 0.3) is 5.56 Å². The molecule has 0 aromatic heterocycles. The summed E-state index contributed by atoms with van der Waals surface area (Å²) in [6.07, 6.45) is 2.37. The van der Waals surface area contributed by atoms with Gasteiger partial charge < -0.3 is 45.6 Å². The molecule has 0 bridgehead atoms. The quantitative estimate of drug-likeness (QED) is 0.0314. The van der Waals surface area contributed by atoms with E-state index in [4.69, 9.17) is 19.2 Å². The summed E-state index contributed by atoms with van der Waals surface area (Å²) in [6, 6.07) is 19.2. The summed E-state index contributed by atoms with van der Waals surface area (Å²) in [4.78, 5) is 111. The molecule has 0 saturated heterocycles. The number of carboxylic acids is 1. The maximum atomic E-state index is 15.4. The maximum Gasteiger partial charge on any atom is 0.308 e. The third kappa shape index (κ3) is 18.3. The normalized spacial score (nSPS) is 12.7. The highest BCUT2D eigenvalue weighted by atomic mass is 19.1. The fourth-order valence-electron chi connectivity index (χ4n) is 7.73. The Kier molecular flexibility index (Phi) is 20.2. The number of hydrogen-bond acceptors (Lipinski definition) is 12. The van der Waals surface area contributed by atoms with Crippen molar-refractivity contribution in [2.45, 2.75) is 136 Å². The second-order valence-corrected chi connectivity index (χ2v) is 19.8. The predicted molar refractivity (Wildman–Crippen MR) is 271 cm³/mol. The summed E-state index contributed by atoms with van der Waals surface area (Å²) in [5.41, 5.74) is 2.03. The molecule has 6 N–H and O–H groups in total. The number of carbonyl (C=O) groups is 7. The van der Waals surface area contributed by atoms with Crippen LogP contribution >= 0.6 is 0 Å². The van der Waals surface area contributed by atoms with E-state index >= 15 is 4.39 Å². The summed E-state index contributed by atoms with van der Waals surface area (Å²) in [5.74, 6) is -6.93. The van der Waals surface area contributed by atoms with Crippen LogP contribution in [0.2, 0.25) is 0 Å². The van der Waals surface area contributed by atoms with Gasteiger partial charge in [-0.15, -0.1) is 0 Å². The van der Waals surface area contributed by atoms with E-state index in [0.29, 0.717) is 43.5 Å². The summed E-state index contributed by atoms with van der Waals surface area (Å²) in [6.45, 7) is 11.0. The van der Waals surface area contributed by atoms with Gasteiger partial charge in [-0.2, -0.15) is 0 Å². The first-order valence-electron chi connectivity index (χ1n) is 24.4. The first-order valence-corrected chi connectivity index (χ1v) is 24.4. The molecule has 0 spiro atoms. The smallest absolute Gasteiger partial charge is 0.308 e. The molecule has 0 aliphatic carbocycles. The van der Waals surface area contributed by atoms with Crippen LogP contribution in [0.3, 0.4) is 0 Å². The first-order chi connectivity index (χ1) is 34.9. The lowest BCUT2D eigenvalue weighted by Crippen LogP contribution is -2.58. The van der Waals surface area contributed by atoms with Crippen LogP contribution in [0.1, 0.15) is 116 Å². The zero-order valence-electron chi connectivity index (χ0n) is 42.8. The molecule has 3 aromatic rings. The fourth-order valence-corrected chi connectivity index (χ4v) is 7.73. The second-order valence-electron chi connectivity index (χ2n) is 19.8. The standard InChI is InChI=1S/C54H66FN7O12/c1-33(63)57-39(29-45(64)65)50(69)61-41(31-47(67)74-54(5,6)7)51(70)60-40(30-46(66)73-53(2,3)4)49(68)56-24-16-8-9-17-25-72-44-23-22-35(26-37(44)55)28-42-52(71)62-32-43(36-20-14-11-15-21-36)58-38(48(62)59-42)27-34-18-12-10-13-19-34/h10-15,18-23,26,32,39-41,58H,8-9,16-17,24-25,27-31H2,1-7H3,(H,56,68)(H,57,63)(H,60,70)(H,61,69)(H,64,65). The summed E-state index contributed by atoms with van der Waals surface area (Å²) in [7, 11) is 0. The molecule has 4 amide bonds. The SMILES string of the molecule is CC(=O)NC(CC(=O)O)C(=O)NC(CC(=O)OC(C)(C)C)C(=O)NC(CC(=O)OC(C)(C)C)C(=O)NCCCCCCOc1ccc(Cc2nc3c(Cc4ccccc4)[nH]c(-c4ccccc4)cn-3c2=O)cc1F. The van der Waals surface area contributed by atoms with E-state index in [1.165, 1.54) is 16.7 Å². The van der Waals surface area contributed by atoms with E-state index in [1.807, 2.05) is 60.7 Å². The van der Waals surface area contributed by atoms with Crippen LogP contribution in [0.15, 0.2) is 89.9 Å². The number of ether oxygens (including phenoxy) is 3. The van der Waals surface area contributed by atoms with Crippen molar-refractivity contribution in [1.29, 1.82) is 0 Å². The molecule has 0 radical (unpaired) electrons. The number of fused-ring (bicyclic) bond motifs is 1. The largest absolute Gasteiger partial charge is 0.491 e. The Hall–Kier alpha value is -7.90. The number of carboxylic acid groups (broad SMARTS) is 1. The molecule has 3 unspecified atom stereocenters. The molecule has 20 heteroatoms. The first kappa shape index (κ1) is 57.0. The number of hydrogen-bond donors (Lipinski definition) is 6. The Balaban J connectivity index is 1.15. The monoisotopic (exact) mass is 1020 g/mol. The molecule has 74 heavy (non-hydrogen) atoms. The van der Waals surface area contributed by atoms with Crippen molar-refractivity contribution >= 4 is 41.5 Å². The van der Waals surface area contributed by atoms with Crippen molar-refractivity contribution in [3.05, 3.63) is 124 Å². The van der Waals surface area contributed by atoms with Crippen LogP contribution in [0.4, 0.5) is 4.39 Å². The topological polar surface area (TPSA) is 266 Å². The molecular weight excluding hydrogens is 958 g/mol. The lowest BCUT2D eigenvalue weighted by molar-refractivity contribution is -0.158. The number of imidazole rings is 1. The molecule has 396 valence electrons. The molecule has 3 aromatic carbocycles. The van der Waals surface area contributed by atoms with Crippen LogP contribution in [-0.4, -0.2) is 104 Å². The molecular formula is C54H66FN7O12. The average Bonchev–Trinajstić information content (AvgIpc) is 3.62. The number of H-pyrrole nitrogens is 1. The van der Waals surface area contributed by atoms with E-state index in [1.54, 1.807) is 53.8 Å². The third-order valence-corrected chi connectivity index (χ3v) is 11.0. The summed E-state index contributed by atoms with van der Waals surface area (Å²) in [5, 5.41) is 18.9. The molecule has 0 saturated carbocycles. The number of benzene rings is 3. The Morgan fingerprint density at radius 3 is 1.84 bits per heavy atom. The van der Waals surface area contributed by atoms with Crippen LogP contribution in [0.25, 0.3) is 17.1 Å². The molecule has 2 heterocycles. The highest BCUT2D eigenvalue weighted by Crippen LogP contribution is 2.25. The number of amides is 4. The van der Waals surface area contributed by atoms with E-state index in [-0.39, 0.29) is 36.6 Å². The summed E-state index contributed by atoms with van der Waals surface area (Å²) < 4.78 is 33.4. The van der Waals surface area contributed by atoms with Gasteiger partial charge in [0, 0.05) is 32.5 Å². The third-order valence-electron chi connectivity index (χ3n) is 11.0. The number of carbonyl (C=O) groups excluding carboxylic acids is 6. The van der Waals surface area contributed by atoms with Crippen molar-refractivity contribution in [3.63, 3.8) is 0 Å². The fraction of sp³-hybridized carbons (Fsp3) is 0.426. The van der Waals surface area contributed by atoms with Crippen LogP contribution < -0.4 is 31.6 Å². The summed E-state index contributed by atoms with van der Waals surface area (Å²) >= 11 is 0. The molecule has 2 aliphatic rings. The second kappa shape index (κ2) is 26.2. The minimum Gasteiger partial charge on any atom is -0.491 e. The van der Waals surface area contributed by atoms with Gasteiger partial charge in [0.15, 0.2) is 17.4 Å². The molecule has 2 aliphatic heterocycles. The number of rotatable bonds is 25. The van der Waals surface area contributed by atoms with E-state index in [0.717, 1.165) is 29.4 Å². The van der Waals surface area contributed by atoms with Crippen molar-refractivity contribution in [1.82, 2.24) is 35.8 Å². The minimum absolute atomic E-state index is 0.0457. The number of nitrogens with zero attached hydrogens (tertiary/aromatic N) is 2. The Morgan fingerprint density at radius 1 is 0.703 bits per heavy atom. The molecule has 0 fully saturated rings. The van der Waals surface area contributed by atoms with Crippen molar-refractivity contribution in [3.8, 4) is 22.8 Å². The van der Waals surface area contributed by atoms with Crippen molar-refractivity contribution in [2.75, 3.05) is 13.2 Å². The minimum atomic E-state index is -1.73. The number of nitrogens with one attached hydrogen (secondary N) is 5. The van der Waals surface area contributed by atoms with Crippen LogP contribution in [0, 0.1) is 5.82 Å². The number of aromatic amines is 1. The Morgan fingerprint density at radius 2 is 1.27 bits per heavy atom. The average molecular weight is 1020 g/mol. The van der Waals surface area contributed by atoms with E-state index < -0.39 is 95.9 Å². The van der Waals surface area contributed by atoms with Gasteiger partial charge in [-0.05, 0) is 83.2 Å². The highest BCUT2D eigenvalue weighted by molar-refractivity contribution is 5.97. The number of aromatic nitrogens is 3. The van der Waals surface area contributed by atoms with Gasteiger partial charge in [0.1, 0.15) is 35.0 Å². The van der Waals surface area contributed by atoms with E-state index in [9.17, 15) is 43.5 Å².